The van der Waals surface area contributed by atoms with Gasteiger partial charge in [0.1, 0.15) is 12.6 Å². The van der Waals surface area contributed by atoms with Crippen molar-refractivity contribution in [3.63, 3.8) is 0 Å². The lowest BCUT2D eigenvalue weighted by Gasteiger charge is -2.27. The predicted octanol–water partition coefficient (Wildman–Crippen LogP) is -0.536. The lowest BCUT2D eigenvalue weighted by molar-refractivity contribution is -0.150. The third kappa shape index (κ3) is 6.23. The molecule has 4 N–H and O–H groups in total. The molecule has 1 atom stereocenters. The molecular formula is C11H23N3O3. The molecule has 0 aliphatic rings. The lowest BCUT2D eigenvalue weighted by Crippen LogP contribution is -2.43. The van der Waals surface area contributed by atoms with Gasteiger partial charge < -0.3 is 16.2 Å². The summed E-state index contributed by atoms with van der Waals surface area (Å²) < 4.78 is 5.01. The molecule has 6 nitrogen and oxygen atoms in total. The molecule has 100 valence electrons. The molecule has 6 heteroatoms. The van der Waals surface area contributed by atoms with Crippen molar-refractivity contribution in [3.05, 3.63) is 0 Å². The zero-order valence-electron chi connectivity index (χ0n) is 10.6. The number of hydrogen-bond acceptors (Lipinski definition) is 5. The summed E-state index contributed by atoms with van der Waals surface area (Å²) in [6.45, 7) is 5.85. The molecule has 0 fully saturated rings. The number of esters is 1. The number of likely N-dealkylation sites (N-methyl/N-ethyl adjacent to an activating group) is 1. The van der Waals surface area contributed by atoms with Crippen molar-refractivity contribution in [1.29, 1.82) is 0 Å². The number of carbonyl (C=O) groups is 2. The molecule has 0 rings (SSSR count). The van der Waals surface area contributed by atoms with E-state index in [-0.39, 0.29) is 19.0 Å². The Morgan fingerprint density at radius 2 is 1.88 bits per heavy atom. The third-order valence-corrected chi connectivity index (χ3v) is 2.55. The Morgan fingerprint density at radius 3 is 2.29 bits per heavy atom. The van der Waals surface area contributed by atoms with E-state index in [1.54, 1.807) is 0 Å². The normalized spacial score (nSPS) is 12.5. The van der Waals surface area contributed by atoms with Gasteiger partial charge in [0.15, 0.2) is 0 Å². The Labute approximate surface area is 102 Å². The van der Waals surface area contributed by atoms with Gasteiger partial charge in [-0.05, 0) is 19.5 Å². The monoisotopic (exact) mass is 245 g/mol. The largest absolute Gasteiger partial charge is 0.463 e. The van der Waals surface area contributed by atoms with Crippen LogP contribution >= 0.6 is 0 Å². The molecule has 0 saturated carbocycles. The molecule has 1 amide bonds. The van der Waals surface area contributed by atoms with Crippen LogP contribution in [-0.2, 0) is 14.3 Å². The third-order valence-electron chi connectivity index (χ3n) is 2.55. The van der Waals surface area contributed by atoms with Crippen LogP contribution in [0.3, 0.4) is 0 Å². The maximum absolute atomic E-state index is 11.8. The van der Waals surface area contributed by atoms with Crippen LogP contribution in [0.1, 0.15) is 26.7 Å². The number of amides is 1. The minimum atomic E-state index is -0.413. The number of carbonyl (C=O) groups excluding carboxylic acids is 2. The van der Waals surface area contributed by atoms with Gasteiger partial charge in [0, 0.05) is 13.0 Å². The van der Waals surface area contributed by atoms with Crippen molar-refractivity contribution in [2.45, 2.75) is 32.7 Å². The van der Waals surface area contributed by atoms with Crippen molar-refractivity contribution >= 4 is 11.9 Å². The maximum Gasteiger partial charge on any atom is 0.323 e. The van der Waals surface area contributed by atoms with E-state index in [4.69, 9.17) is 16.2 Å². The van der Waals surface area contributed by atoms with E-state index in [1.807, 2.05) is 18.7 Å². The fourth-order valence-corrected chi connectivity index (χ4v) is 1.65. The molecule has 0 aromatic rings. The Kier molecular flexibility index (Phi) is 8.35. The van der Waals surface area contributed by atoms with Gasteiger partial charge >= 0.3 is 5.97 Å². The van der Waals surface area contributed by atoms with E-state index < -0.39 is 11.9 Å². The molecule has 0 aliphatic carbocycles. The second kappa shape index (κ2) is 8.95. The summed E-state index contributed by atoms with van der Waals surface area (Å²) in [5, 5.41) is 0. The van der Waals surface area contributed by atoms with Gasteiger partial charge in [-0.15, -0.1) is 0 Å². The number of nitrogens with two attached hydrogens (primary N) is 2. The standard InChI is InChI=1S/C11H23N3O3/c1-3-14(4-2)9(5-6-10(13)15)11(16)17-8-7-12/h9H,3-8,12H2,1-2H3,(H2,13,15)/t9-/m0/s1. The number of nitrogens with zero attached hydrogens (tertiary/aromatic N) is 1. The summed E-state index contributed by atoms with van der Waals surface area (Å²) in [6.07, 6.45) is 0.569. The highest BCUT2D eigenvalue weighted by atomic mass is 16.5. The first-order valence-electron chi connectivity index (χ1n) is 5.95. The van der Waals surface area contributed by atoms with Crippen LogP contribution in [0.25, 0.3) is 0 Å². The van der Waals surface area contributed by atoms with Crippen LogP contribution in [0, 0.1) is 0 Å². The molecule has 0 unspecified atom stereocenters. The van der Waals surface area contributed by atoms with Crippen molar-refractivity contribution in [1.82, 2.24) is 4.90 Å². The summed E-state index contributed by atoms with van der Waals surface area (Å²) in [4.78, 5) is 24.5. The summed E-state index contributed by atoms with van der Waals surface area (Å²) in [5.74, 6) is -0.741. The van der Waals surface area contributed by atoms with Crippen molar-refractivity contribution < 1.29 is 14.3 Å². The van der Waals surface area contributed by atoms with Crippen LogP contribution in [0.5, 0.6) is 0 Å². The fourth-order valence-electron chi connectivity index (χ4n) is 1.65. The minimum Gasteiger partial charge on any atom is -0.463 e. The summed E-state index contributed by atoms with van der Waals surface area (Å²) in [5.41, 5.74) is 10.4. The van der Waals surface area contributed by atoms with Crippen LogP contribution in [-0.4, -0.2) is 49.1 Å². The first kappa shape index (κ1) is 15.9. The molecule has 0 radical (unpaired) electrons. The highest BCUT2D eigenvalue weighted by molar-refractivity contribution is 5.78. The van der Waals surface area contributed by atoms with E-state index in [1.165, 1.54) is 0 Å². The Bertz CT molecular complexity index is 242. The van der Waals surface area contributed by atoms with Gasteiger partial charge in [0.25, 0.3) is 0 Å². The first-order chi connectivity index (χ1) is 8.06. The Morgan fingerprint density at radius 1 is 1.29 bits per heavy atom. The smallest absolute Gasteiger partial charge is 0.323 e. The molecular weight excluding hydrogens is 222 g/mol. The predicted molar refractivity (Wildman–Crippen MR) is 65.2 cm³/mol. The second-order valence-electron chi connectivity index (χ2n) is 3.70. The minimum absolute atomic E-state index is 0.179. The molecule has 0 aromatic carbocycles. The molecule has 17 heavy (non-hydrogen) atoms. The van der Waals surface area contributed by atoms with Crippen molar-refractivity contribution in [2.75, 3.05) is 26.2 Å². The average Bonchev–Trinajstić information content (AvgIpc) is 2.31. The molecule has 0 saturated heterocycles. The zero-order chi connectivity index (χ0) is 13.3. The fraction of sp³-hybridized carbons (Fsp3) is 0.818. The van der Waals surface area contributed by atoms with E-state index >= 15 is 0 Å². The van der Waals surface area contributed by atoms with Gasteiger partial charge in [0.2, 0.25) is 5.91 Å². The number of hydrogen-bond donors (Lipinski definition) is 2. The first-order valence-corrected chi connectivity index (χ1v) is 5.95. The molecule has 0 aromatic heterocycles. The maximum atomic E-state index is 11.8. The van der Waals surface area contributed by atoms with Gasteiger partial charge in [-0.25, -0.2) is 0 Å². The van der Waals surface area contributed by atoms with E-state index in [0.29, 0.717) is 13.0 Å². The number of primary amides is 1. The summed E-state index contributed by atoms with van der Waals surface area (Å²) >= 11 is 0. The van der Waals surface area contributed by atoms with Crippen LogP contribution in [0.15, 0.2) is 0 Å². The van der Waals surface area contributed by atoms with Crippen molar-refractivity contribution in [3.8, 4) is 0 Å². The van der Waals surface area contributed by atoms with Crippen LogP contribution in [0.4, 0.5) is 0 Å². The topological polar surface area (TPSA) is 98.6 Å². The van der Waals surface area contributed by atoms with Gasteiger partial charge in [0.05, 0.1) is 0 Å². The SMILES string of the molecule is CCN(CC)[C@@H](CCC(N)=O)C(=O)OCCN. The van der Waals surface area contributed by atoms with E-state index in [2.05, 4.69) is 0 Å². The quantitative estimate of drug-likeness (QED) is 0.532. The summed E-state index contributed by atoms with van der Waals surface area (Å²) in [6, 6.07) is -0.413. The zero-order valence-corrected chi connectivity index (χ0v) is 10.6. The lowest BCUT2D eigenvalue weighted by atomic mass is 10.1. The van der Waals surface area contributed by atoms with Crippen LogP contribution in [0.2, 0.25) is 0 Å². The number of ether oxygens (including phenoxy) is 1. The molecule has 0 bridgehead atoms. The van der Waals surface area contributed by atoms with Crippen molar-refractivity contribution in [2.24, 2.45) is 11.5 Å². The summed E-state index contributed by atoms with van der Waals surface area (Å²) in [7, 11) is 0. The van der Waals surface area contributed by atoms with E-state index in [0.717, 1.165) is 13.1 Å². The molecule has 0 aliphatic heterocycles. The van der Waals surface area contributed by atoms with Gasteiger partial charge in [-0.2, -0.15) is 0 Å². The highest BCUT2D eigenvalue weighted by Crippen LogP contribution is 2.09. The molecule has 0 spiro atoms. The van der Waals surface area contributed by atoms with E-state index in [9.17, 15) is 9.59 Å². The second-order valence-corrected chi connectivity index (χ2v) is 3.70. The Hall–Kier alpha value is -1.14. The van der Waals surface area contributed by atoms with Gasteiger partial charge in [-0.3, -0.25) is 14.5 Å². The van der Waals surface area contributed by atoms with Gasteiger partial charge in [-0.1, -0.05) is 13.8 Å². The van der Waals surface area contributed by atoms with Crippen LogP contribution < -0.4 is 11.5 Å². The highest BCUT2D eigenvalue weighted by Gasteiger charge is 2.25. The Balaban J connectivity index is 4.46. The molecule has 0 heterocycles. The average molecular weight is 245 g/mol. The number of rotatable bonds is 9.